The molecule has 0 fully saturated rings. The van der Waals surface area contributed by atoms with Crippen molar-refractivity contribution in [1.82, 2.24) is 4.98 Å². The molecule has 0 aliphatic rings. The summed E-state index contributed by atoms with van der Waals surface area (Å²) in [5, 5.41) is 2.84. The van der Waals surface area contributed by atoms with E-state index in [9.17, 15) is 4.79 Å². The molecule has 0 saturated carbocycles. The largest absolute Gasteiger partial charge is 0.497 e. The maximum absolute atomic E-state index is 12.2. The van der Waals surface area contributed by atoms with E-state index in [2.05, 4.69) is 22.1 Å². The summed E-state index contributed by atoms with van der Waals surface area (Å²) in [5.74, 6) is 6.58. The Labute approximate surface area is 158 Å². The van der Waals surface area contributed by atoms with Crippen LogP contribution in [0, 0.1) is 11.8 Å². The molecule has 0 aliphatic carbocycles. The molecule has 4 heteroatoms. The molecule has 3 rings (SSSR count). The summed E-state index contributed by atoms with van der Waals surface area (Å²) < 4.78 is 5.17. The van der Waals surface area contributed by atoms with E-state index in [0.717, 1.165) is 16.9 Å². The predicted octanol–water partition coefficient (Wildman–Crippen LogP) is 4.14. The second-order valence-corrected chi connectivity index (χ2v) is 5.64. The monoisotopic (exact) mass is 354 g/mol. The van der Waals surface area contributed by atoms with E-state index in [-0.39, 0.29) is 5.91 Å². The van der Waals surface area contributed by atoms with Crippen LogP contribution in [0.25, 0.3) is 6.08 Å². The first-order chi connectivity index (χ1) is 13.2. The fourth-order valence-electron chi connectivity index (χ4n) is 2.35. The number of pyridine rings is 1. The van der Waals surface area contributed by atoms with E-state index >= 15 is 0 Å². The first kappa shape index (κ1) is 18.0. The molecule has 0 aliphatic heterocycles. The van der Waals surface area contributed by atoms with Crippen LogP contribution in [0.3, 0.4) is 0 Å². The van der Waals surface area contributed by atoms with Crippen LogP contribution in [0.15, 0.2) is 79.0 Å². The van der Waals surface area contributed by atoms with Gasteiger partial charge in [-0.1, -0.05) is 30.2 Å². The van der Waals surface area contributed by atoms with Crippen LogP contribution in [0.1, 0.15) is 16.8 Å². The number of amides is 1. The second-order valence-electron chi connectivity index (χ2n) is 5.64. The van der Waals surface area contributed by atoms with E-state index in [0.29, 0.717) is 11.4 Å². The van der Waals surface area contributed by atoms with Crippen molar-refractivity contribution in [2.24, 2.45) is 0 Å². The van der Waals surface area contributed by atoms with Crippen molar-refractivity contribution >= 4 is 17.7 Å². The predicted molar refractivity (Wildman–Crippen MR) is 107 cm³/mol. The van der Waals surface area contributed by atoms with Gasteiger partial charge in [0, 0.05) is 23.5 Å². The van der Waals surface area contributed by atoms with Gasteiger partial charge in [-0.05, 0) is 60.0 Å². The van der Waals surface area contributed by atoms with Gasteiger partial charge < -0.3 is 10.1 Å². The topological polar surface area (TPSA) is 51.2 Å². The van der Waals surface area contributed by atoms with Crippen LogP contribution in [0.2, 0.25) is 0 Å². The Bertz CT molecular complexity index is 1020. The molecular formula is C23H18N2O2. The minimum absolute atomic E-state index is 0.215. The van der Waals surface area contributed by atoms with Crippen molar-refractivity contribution < 1.29 is 9.53 Å². The minimum atomic E-state index is -0.215. The molecule has 0 radical (unpaired) electrons. The summed E-state index contributed by atoms with van der Waals surface area (Å²) in [5.41, 5.74) is 3.07. The van der Waals surface area contributed by atoms with Crippen molar-refractivity contribution in [2.75, 3.05) is 12.4 Å². The number of nitrogens with zero attached hydrogens (tertiary/aromatic N) is 1. The van der Waals surface area contributed by atoms with Gasteiger partial charge in [0.1, 0.15) is 11.4 Å². The third-order valence-corrected chi connectivity index (χ3v) is 3.65. The van der Waals surface area contributed by atoms with Gasteiger partial charge in [0.25, 0.3) is 0 Å². The maximum Gasteiger partial charge on any atom is 0.248 e. The Balaban J connectivity index is 1.66. The van der Waals surface area contributed by atoms with E-state index in [1.54, 1.807) is 19.4 Å². The molecule has 0 atom stereocenters. The Morgan fingerprint density at radius 1 is 1.04 bits per heavy atom. The van der Waals surface area contributed by atoms with Crippen LogP contribution in [0.5, 0.6) is 5.75 Å². The van der Waals surface area contributed by atoms with Gasteiger partial charge in [0.2, 0.25) is 5.91 Å². The summed E-state index contributed by atoms with van der Waals surface area (Å²) in [6, 6.07) is 20.5. The van der Waals surface area contributed by atoms with Crippen LogP contribution in [-0.2, 0) is 4.79 Å². The second kappa shape index (κ2) is 9.02. The smallest absolute Gasteiger partial charge is 0.248 e. The number of benzene rings is 2. The summed E-state index contributed by atoms with van der Waals surface area (Å²) in [4.78, 5) is 16.3. The molecule has 3 aromatic rings. The standard InChI is InChI=1S/C23H18N2O2/c1-27-22-10-5-7-19(17-22)12-14-23(26)25-21-9-4-6-18(16-21)11-13-20-8-2-3-15-24-20/h2-10,12,14-17H,1H3,(H,25,26)/b14-12+. The van der Waals surface area contributed by atoms with Crippen LogP contribution in [0.4, 0.5) is 5.69 Å². The average Bonchev–Trinajstić information content (AvgIpc) is 2.72. The van der Waals surface area contributed by atoms with Gasteiger partial charge in [0.15, 0.2) is 0 Å². The van der Waals surface area contributed by atoms with E-state index in [1.807, 2.05) is 66.7 Å². The highest BCUT2D eigenvalue weighted by Gasteiger charge is 1.99. The highest BCUT2D eigenvalue weighted by molar-refractivity contribution is 6.02. The zero-order valence-electron chi connectivity index (χ0n) is 14.8. The number of hydrogen-bond acceptors (Lipinski definition) is 3. The summed E-state index contributed by atoms with van der Waals surface area (Å²) >= 11 is 0. The van der Waals surface area contributed by atoms with Gasteiger partial charge in [-0.3, -0.25) is 4.79 Å². The number of carbonyl (C=O) groups is 1. The molecule has 0 unspecified atom stereocenters. The van der Waals surface area contributed by atoms with Crippen molar-refractivity contribution in [2.45, 2.75) is 0 Å². The molecule has 0 saturated heterocycles. The molecule has 2 aromatic carbocycles. The van der Waals surface area contributed by atoms with Gasteiger partial charge in [-0.2, -0.15) is 0 Å². The van der Waals surface area contributed by atoms with Gasteiger partial charge in [-0.25, -0.2) is 4.98 Å². The SMILES string of the molecule is COc1cccc(/C=C/C(=O)Nc2cccc(C#Cc3ccccn3)c2)c1. The zero-order valence-corrected chi connectivity index (χ0v) is 14.8. The quantitative estimate of drug-likeness (QED) is 0.566. The lowest BCUT2D eigenvalue weighted by atomic mass is 10.2. The summed E-state index contributed by atoms with van der Waals surface area (Å²) in [7, 11) is 1.61. The van der Waals surface area contributed by atoms with Crippen LogP contribution >= 0.6 is 0 Å². The van der Waals surface area contributed by atoms with Crippen LogP contribution in [-0.4, -0.2) is 18.0 Å². The molecular weight excluding hydrogens is 336 g/mol. The highest BCUT2D eigenvalue weighted by atomic mass is 16.5. The molecule has 0 bridgehead atoms. The number of hydrogen-bond donors (Lipinski definition) is 1. The maximum atomic E-state index is 12.2. The average molecular weight is 354 g/mol. The Hall–Kier alpha value is -3.84. The zero-order chi connectivity index (χ0) is 18.9. The lowest BCUT2D eigenvalue weighted by molar-refractivity contribution is -0.111. The van der Waals surface area contributed by atoms with Crippen molar-refractivity contribution in [3.8, 4) is 17.6 Å². The highest BCUT2D eigenvalue weighted by Crippen LogP contribution is 2.14. The number of aromatic nitrogens is 1. The number of nitrogens with one attached hydrogen (secondary N) is 1. The Morgan fingerprint density at radius 2 is 1.93 bits per heavy atom. The lowest BCUT2D eigenvalue weighted by Crippen LogP contribution is -2.07. The Kier molecular flexibility index (Phi) is 6.00. The number of methoxy groups -OCH3 is 1. The normalized spacial score (nSPS) is 10.1. The van der Waals surface area contributed by atoms with Gasteiger partial charge in [-0.15, -0.1) is 0 Å². The molecule has 1 N–H and O–H groups in total. The van der Waals surface area contributed by atoms with Crippen molar-refractivity contribution in [1.29, 1.82) is 0 Å². The number of ether oxygens (including phenoxy) is 1. The third kappa shape index (κ3) is 5.58. The van der Waals surface area contributed by atoms with E-state index < -0.39 is 0 Å². The first-order valence-electron chi connectivity index (χ1n) is 8.39. The summed E-state index contributed by atoms with van der Waals surface area (Å²) in [6.45, 7) is 0. The fraction of sp³-hybridized carbons (Fsp3) is 0.0435. The Morgan fingerprint density at radius 3 is 2.74 bits per heavy atom. The molecule has 4 nitrogen and oxygen atoms in total. The third-order valence-electron chi connectivity index (χ3n) is 3.65. The van der Waals surface area contributed by atoms with Gasteiger partial charge >= 0.3 is 0 Å². The number of anilines is 1. The fourth-order valence-corrected chi connectivity index (χ4v) is 2.35. The number of rotatable bonds is 4. The molecule has 132 valence electrons. The lowest BCUT2D eigenvalue weighted by Gasteiger charge is -2.03. The van der Waals surface area contributed by atoms with E-state index in [4.69, 9.17) is 4.74 Å². The number of carbonyl (C=O) groups excluding carboxylic acids is 1. The van der Waals surface area contributed by atoms with Gasteiger partial charge in [0.05, 0.1) is 7.11 Å². The first-order valence-corrected chi connectivity index (χ1v) is 8.39. The van der Waals surface area contributed by atoms with Crippen molar-refractivity contribution in [3.63, 3.8) is 0 Å². The minimum Gasteiger partial charge on any atom is -0.497 e. The molecule has 1 amide bonds. The molecule has 0 spiro atoms. The van der Waals surface area contributed by atoms with Crippen LogP contribution < -0.4 is 10.1 Å². The van der Waals surface area contributed by atoms with E-state index in [1.165, 1.54) is 6.08 Å². The molecule has 27 heavy (non-hydrogen) atoms. The molecule has 1 aromatic heterocycles. The summed E-state index contributed by atoms with van der Waals surface area (Å²) in [6.07, 6.45) is 4.93. The molecule has 1 heterocycles. The van der Waals surface area contributed by atoms with Crippen molar-refractivity contribution in [3.05, 3.63) is 95.8 Å².